The van der Waals surface area contributed by atoms with Gasteiger partial charge in [0.15, 0.2) is 11.5 Å². The maximum absolute atomic E-state index is 12.7. The van der Waals surface area contributed by atoms with E-state index in [4.69, 9.17) is 21.1 Å². The summed E-state index contributed by atoms with van der Waals surface area (Å²) in [5, 5.41) is 6.47. The van der Waals surface area contributed by atoms with Gasteiger partial charge in [0, 0.05) is 35.1 Å². The Hall–Kier alpha value is -3.36. The van der Waals surface area contributed by atoms with Crippen molar-refractivity contribution in [3.05, 3.63) is 69.1 Å². The van der Waals surface area contributed by atoms with Crippen LogP contribution in [0.2, 0.25) is 5.02 Å². The van der Waals surface area contributed by atoms with Gasteiger partial charge in [-0.2, -0.15) is 0 Å². The fraction of sp³-hybridized carbons (Fsp3) is 0.240. The molecule has 2 heterocycles. The van der Waals surface area contributed by atoms with Gasteiger partial charge >= 0.3 is 0 Å². The third kappa shape index (κ3) is 5.58. The van der Waals surface area contributed by atoms with Gasteiger partial charge in [-0.1, -0.05) is 23.7 Å². The number of aromatic nitrogens is 1. The number of methoxy groups -OCH3 is 2. The van der Waals surface area contributed by atoms with E-state index in [0.717, 1.165) is 27.4 Å². The van der Waals surface area contributed by atoms with Crippen LogP contribution in [0.15, 0.2) is 48.0 Å². The van der Waals surface area contributed by atoms with Crippen molar-refractivity contribution in [3.8, 4) is 22.8 Å². The molecule has 1 aliphatic heterocycles. The second kappa shape index (κ2) is 10.7. The number of carbonyl (C=O) groups excluding carboxylic acids is 2. The Morgan fingerprint density at radius 1 is 1.18 bits per heavy atom. The van der Waals surface area contributed by atoms with Crippen molar-refractivity contribution >= 4 is 40.8 Å². The number of thiazole rings is 1. The molecule has 0 spiro atoms. The van der Waals surface area contributed by atoms with Crippen LogP contribution in [-0.2, 0) is 22.4 Å². The van der Waals surface area contributed by atoms with E-state index in [0.29, 0.717) is 29.5 Å². The zero-order valence-corrected chi connectivity index (χ0v) is 20.4. The highest BCUT2D eigenvalue weighted by molar-refractivity contribution is 7.09. The van der Waals surface area contributed by atoms with E-state index in [2.05, 4.69) is 10.3 Å². The highest BCUT2D eigenvalue weighted by Gasteiger charge is 2.21. The summed E-state index contributed by atoms with van der Waals surface area (Å²) < 4.78 is 10.7. The number of rotatable bonds is 8. The Morgan fingerprint density at radius 2 is 1.91 bits per heavy atom. The van der Waals surface area contributed by atoms with Gasteiger partial charge in [0.25, 0.3) is 0 Å². The standard InChI is InChI=1S/C25H24ClN3O4S/c1-32-21-11-17-8-10-29(25(31)13-18(17)12-22(21)33-2)14-23(30)27-9-7-24-28-20(15-34-24)16-3-5-19(26)6-4-16/h3-6,8,10-12,15H,7,9,13-14H2,1-2H3,(H,27,30). The van der Waals surface area contributed by atoms with E-state index >= 15 is 0 Å². The summed E-state index contributed by atoms with van der Waals surface area (Å²) in [5.74, 6) is 0.763. The molecule has 176 valence electrons. The molecule has 34 heavy (non-hydrogen) atoms. The summed E-state index contributed by atoms with van der Waals surface area (Å²) in [6, 6.07) is 11.2. The highest BCUT2D eigenvalue weighted by Crippen LogP contribution is 2.32. The van der Waals surface area contributed by atoms with E-state index in [9.17, 15) is 9.59 Å². The van der Waals surface area contributed by atoms with Crippen LogP contribution in [0.4, 0.5) is 0 Å². The van der Waals surface area contributed by atoms with Crippen LogP contribution in [-0.4, -0.2) is 49.0 Å². The zero-order valence-electron chi connectivity index (χ0n) is 18.8. The van der Waals surface area contributed by atoms with E-state index in [1.54, 1.807) is 37.8 Å². The average Bonchev–Trinajstić information content (AvgIpc) is 3.25. The van der Waals surface area contributed by atoms with Gasteiger partial charge in [0.05, 0.1) is 31.3 Å². The second-order valence-electron chi connectivity index (χ2n) is 7.65. The Balaban J connectivity index is 1.31. The summed E-state index contributed by atoms with van der Waals surface area (Å²) in [4.78, 5) is 31.3. The molecule has 0 unspecified atom stereocenters. The van der Waals surface area contributed by atoms with Gasteiger partial charge < -0.3 is 19.7 Å². The van der Waals surface area contributed by atoms with Gasteiger partial charge in [-0.05, 0) is 41.5 Å². The number of benzene rings is 2. The molecule has 1 aliphatic rings. The molecular weight excluding hydrogens is 474 g/mol. The Bertz CT molecular complexity index is 1220. The lowest BCUT2D eigenvalue weighted by atomic mass is 10.0. The Labute approximate surface area is 207 Å². The molecule has 0 aliphatic carbocycles. The third-order valence-corrected chi connectivity index (χ3v) is 6.57. The molecule has 0 fully saturated rings. The van der Waals surface area contributed by atoms with Crippen molar-refractivity contribution in [2.24, 2.45) is 0 Å². The molecule has 0 bridgehead atoms. The van der Waals surface area contributed by atoms with Crippen molar-refractivity contribution in [1.29, 1.82) is 0 Å². The largest absolute Gasteiger partial charge is 0.493 e. The van der Waals surface area contributed by atoms with Crippen LogP contribution in [0, 0.1) is 0 Å². The molecule has 7 nitrogen and oxygen atoms in total. The molecule has 2 amide bonds. The number of ether oxygens (including phenoxy) is 2. The highest BCUT2D eigenvalue weighted by atomic mass is 35.5. The first kappa shape index (κ1) is 23.8. The Morgan fingerprint density at radius 3 is 2.65 bits per heavy atom. The minimum Gasteiger partial charge on any atom is -0.493 e. The lowest BCUT2D eigenvalue weighted by Gasteiger charge is -2.16. The maximum atomic E-state index is 12.7. The normalized spacial score (nSPS) is 12.8. The number of hydrogen-bond acceptors (Lipinski definition) is 6. The SMILES string of the molecule is COc1cc2c(cc1OC)CC(=O)N(CC(=O)NCCc1nc(-c3ccc(Cl)cc3)cs1)C=C2. The second-order valence-corrected chi connectivity index (χ2v) is 9.03. The molecule has 1 N–H and O–H groups in total. The van der Waals surface area contributed by atoms with Gasteiger partial charge in [-0.25, -0.2) is 4.98 Å². The number of hydrogen-bond donors (Lipinski definition) is 1. The minimum atomic E-state index is -0.228. The van der Waals surface area contributed by atoms with E-state index in [1.165, 1.54) is 4.90 Å². The smallest absolute Gasteiger partial charge is 0.240 e. The fourth-order valence-electron chi connectivity index (χ4n) is 3.60. The van der Waals surface area contributed by atoms with Gasteiger partial charge in [0.2, 0.25) is 11.8 Å². The molecular formula is C25H24ClN3O4S. The van der Waals surface area contributed by atoms with Crippen molar-refractivity contribution < 1.29 is 19.1 Å². The van der Waals surface area contributed by atoms with Crippen LogP contribution in [0.25, 0.3) is 17.3 Å². The van der Waals surface area contributed by atoms with Gasteiger partial charge in [-0.3, -0.25) is 9.59 Å². The summed E-state index contributed by atoms with van der Waals surface area (Å²) in [5.41, 5.74) is 3.56. The number of nitrogens with one attached hydrogen (secondary N) is 1. The molecule has 4 rings (SSSR count). The number of halogens is 1. The predicted molar refractivity (Wildman–Crippen MR) is 133 cm³/mol. The molecule has 0 radical (unpaired) electrons. The fourth-order valence-corrected chi connectivity index (χ4v) is 4.54. The minimum absolute atomic E-state index is 0.0501. The van der Waals surface area contributed by atoms with E-state index in [-0.39, 0.29) is 24.8 Å². The molecule has 0 saturated heterocycles. The molecule has 2 aromatic carbocycles. The lowest BCUT2D eigenvalue weighted by Crippen LogP contribution is -2.38. The van der Waals surface area contributed by atoms with Crippen LogP contribution in [0.1, 0.15) is 16.1 Å². The first-order valence-corrected chi connectivity index (χ1v) is 11.9. The summed E-state index contributed by atoms with van der Waals surface area (Å²) in [6.07, 6.45) is 4.23. The zero-order chi connectivity index (χ0) is 24.1. The van der Waals surface area contributed by atoms with Crippen LogP contribution in [0.3, 0.4) is 0 Å². The molecule has 0 atom stereocenters. The topological polar surface area (TPSA) is 80.8 Å². The summed E-state index contributed by atoms with van der Waals surface area (Å²) >= 11 is 7.49. The number of amides is 2. The lowest BCUT2D eigenvalue weighted by molar-refractivity contribution is -0.132. The van der Waals surface area contributed by atoms with Gasteiger partial charge in [0.1, 0.15) is 6.54 Å². The first-order valence-electron chi connectivity index (χ1n) is 10.7. The average molecular weight is 498 g/mol. The molecule has 1 aromatic heterocycles. The van der Waals surface area contributed by atoms with Crippen molar-refractivity contribution in [2.45, 2.75) is 12.8 Å². The summed E-state index contributed by atoms with van der Waals surface area (Å²) in [6.45, 7) is 0.387. The number of fused-ring (bicyclic) bond motifs is 1. The van der Waals surface area contributed by atoms with Crippen LogP contribution >= 0.6 is 22.9 Å². The summed E-state index contributed by atoms with van der Waals surface area (Å²) in [7, 11) is 3.12. The quantitative estimate of drug-likeness (QED) is 0.504. The van der Waals surface area contributed by atoms with Crippen molar-refractivity contribution in [1.82, 2.24) is 15.2 Å². The van der Waals surface area contributed by atoms with Crippen molar-refractivity contribution in [2.75, 3.05) is 27.3 Å². The number of carbonyl (C=O) groups is 2. The maximum Gasteiger partial charge on any atom is 0.240 e. The monoisotopic (exact) mass is 497 g/mol. The third-order valence-electron chi connectivity index (χ3n) is 5.41. The molecule has 3 aromatic rings. The van der Waals surface area contributed by atoms with Gasteiger partial charge in [-0.15, -0.1) is 11.3 Å². The van der Waals surface area contributed by atoms with Crippen LogP contribution in [0.5, 0.6) is 11.5 Å². The van der Waals surface area contributed by atoms with E-state index in [1.807, 2.05) is 41.8 Å². The first-order chi connectivity index (χ1) is 16.5. The van der Waals surface area contributed by atoms with Crippen molar-refractivity contribution in [3.63, 3.8) is 0 Å². The Kier molecular flexibility index (Phi) is 7.49. The molecule has 9 heteroatoms. The van der Waals surface area contributed by atoms with E-state index < -0.39 is 0 Å². The number of nitrogens with zero attached hydrogens (tertiary/aromatic N) is 2. The van der Waals surface area contributed by atoms with Crippen LogP contribution < -0.4 is 14.8 Å². The molecule has 0 saturated carbocycles. The predicted octanol–water partition coefficient (Wildman–Crippen LogP) is 4.20.